The molecular weight excluding hydrogens is 248 g/mol. The molecule has 5 heteroatoms. The lowest BCUT2D eigenvalue weighted by atomic mass is 9.91. The van der Waals surface area contributed by atoms with Crippen molar-refractivity contribution in [1.82, 2.24) is 0 Å². The monoisotopic (exact) mass is 266 g/mol. The number of hydrogen-bond donors (Lipinski definition) is 1. The first-order chi connectivity index (χ1) is 8.74. The average molecular weight is 266 g/mol. The molecule has 0 bridgehead atoms. The fraction of sp³-hybridized carbons (Fsp3) is 0.429. The summed E-state index contributed by atoms with van der Waals surface area (Å²) in [6.45, 7) is 6.67. The SMILES string of the molecule is CCC(C)(C)C(=O)Oc1cc(O)cc(OC(C)=O)c1. The molecule has 0 saturated carbocycles. The van der Waals surface area contributed by atoms with E-state index in [2.05, 4.69) is 0 Å². The van der Waals surface area contributed by atoms with Crippen molar-refractivity contribution in [2.75, 3.05) is 0 Å². The molecule has 5 nitrogen and oxygen atoms in total. The molecule has 0 saturated heterocycles. The number of hydrogen-bond acceptors (Lipinski definition) is 5. The number of esters is 2. The van der Waals surface area contributed by atoms with Crippen LogP contribution in [0.4, 0.5) is 0 Å². The maximum Gasteiger partial charge on any atom is 0.316 e. The number of phenols is 1. The first-order valence-corrected chi connectivity index (χ1v) is 5.99. The van der Waals surface area contributed by atoms with Gasteiger partial charge < -0.3 is 14.6 Å². The van der Waals surface area contributed by atoms with E-state index in [0.29, 0.717) is 6.42 Å². The summed E-state index contributed by atoms with van der Waals surface area (Å²) in [4.78, 5) is 22.8. The van der Waals surface area contributed by atoms with E-state index in [1.807, 2.05) is 6.92 Å². The first-order valence-electron chi connectivity index (χ1n) is 5.99. The topological polar surface area (TPSA) is 72.8 Å². The van der Waals surface area contributed by atoms with Crippen molar-refractivity contribution in [2.24, 2.45) is 5.41 Å². The molecule has 0 radical (unpaired) electrons. The Balaban J connectivity index is 2.93. The fourth-order valence-electron chi connectivity index (χ4n) is 1.23. The Hall–Kier alpha value is -2.04. The van der Waals surface area contributed by atoms with E-state index in [-0.39, 0.29) is 17.2 Å². The molecule has 0 aromatic heterocycles. The number of phenolic OH excluding ortho intramolecular Hbond substituents is 1. The molecule has 0 heterocycles. The van der Waals surface area contributed by atoms with Crippen molar-refractivity contribution in [3.8, 4) is 17.2 Å². The maximum absolute atomic E-state index is 11.9. The molecule has 0 aliphatic carbocycles. The van der Waals surface area contributed by atoms with Crippen LogP contribution >= 0.6 is 0 Å². The van der Waals surface area contributed by atoms with E-state index in [1.165, 1.54) is 25.1 Å². The van der Waals surface area contributed by atoms with E-state index in [0.717, 1.165) is 0 Å². The van der Waals surface area contributed by atoms with Gasteiger partial charge in [-0.1, -0.05) is 6.92 Å². The zero-order valence-electron chi connectivity index (χ0n) is 11.5. The Morgan fingerprint density at radius 2 is 1.68 bits per heavy atom. The Morgan fingerprint density at radius 1 is 1.16 bits per heavy atom. The molecule has 19 heavy (non-hydrogen) atoms. The Bertz CT molecular complexity index is 491. The summed E-state index contributed by atoms with van der Waals surface area (Å²) in [5.74, 6) is -0.797. The van der Waals surface area contributed by atoms with Crippen LogP contribution in [0.2, 0.25) is 0 Å². The second kappa shape index (κ2) is 5.73. The van der Waals surface area contributed by atoms with Crippen molar-refractivity contribution >= 4 is 11.9 Å². The summed E-state index contributed by atoms with van der Waals surface area (Å²) in [5.41, 5.74) is -0.618. The van der Waals surface area contributed by atoms with Crippen LogP contribution in [-0.2, 0) is 9.59 Å². The molecule has 0 aliphatic heterocycles. The molecule has 0 amide bonds. The second-order valence-corrected chi connectivity index (χ2v) is 4.88. The highest BCUT2D eigenvalue weighted by Gasteiger charge is 2.27. The van der Waals surface area contributed by atoms with Crippen LogP contribution in [0, 0.1) is 5.41 Å². The predicted molar refractivity (Wildman–Crippen MR) is 69.1 cm³/mol. The molecule has 0 fully saturated rings. The minimum absolute atomic E-state index is 0.129. The summed E-state index contributed by atoms with van der Waals surface area (Å²) >= 11 is 0. The van der Waals surface area contributed by atoms with Crippen molar-refractivity contribution in [3.05, 3.63) is 18.2 Å². The molecule has 0 unspecified atom stereocenters. The lowest BCUT2D eigenvalue weighted by Gasteiger charge is -2.20. The summed E-state index contributed by atoms with van der Waals surface area (Å²) in [6.07, 6.45) is 0.626. The fourth-order valence-corrected chi connectivity index (χ4v) is 1.23. The van der Waals surface area contributed by atoms with Gasteiger partial charge in [-0.05, 0) is 20.3 Å². The highest BCUT2D eigenvalue weighted by Crippen LogP contribution is 2.29. The summed E-state index contributed by atoms with van der Waals surface area (Å²) in [7, 11) is 0. The van der Waals surface area contributed by atoms with Crippen LogP contribution in [0.15, 0.2) is 18.2 Å². The predicted octanol–water partition coefficient (Wildman–Crippen LogP) is 2.66. The van der Waals surface area contributed by atoms with E-state index < -0.39 is 17.4 Å². The minimum atomic E-state index is -0.618. The van der Waals surface area contributed by atoms with E-state index >= 15 is 0 Å². The van der Waals surface area contributed by atoms with Crippen LogP contribution < -0.4 is 9.47 Å². The third-order valence-corrected chi connectivity index (χ3v) is 2.77. The lowest BCUT2D eigenvalue weighted by molar-refractivity contribution is -0.144. The third kappa shape index (κ3) is 4.28. The van der Waals surface area contributed by atoms with Crippen LogP contribution in [0.5, 0.6) is 17.2 Å². The largest absolute Gasteiger partial charge is 0.508 e. The molecule has 1 aromatic rings. The Morgan fingerprint density at radius 3 is 2.16 bits per heavy atom. The Labute approximate surface area is 112 Å². The lowest BCUT2D eigenvalue weighted by Crippen LogP contribution is -2.28. The normalized spacial score (nSPS) is 10.9. The van der Waals surface area contributed by atoms with Gasteiger partial charge in [0.15, 0.2) is 0 Å². The van der Waals surface area contributed by atoms with Crippen LogP contribution in [0.1, 0.15) is 34.1 Å². The summed E-state index contributed by atoms with van der Waals surface area (Å²) < 4.78 is 10.0. The first kappa shape index (κ1) is 15.0. The van der Waals surface area contributed by atoms with E-state index in [1.54, 1.807) is 13.8 Å². The van der Waals surface area contributed by atoms with Gasteiger partial charge in [-0.25, -0.2) is 0 Å². The quantitative estimate of drug-likeness (QED) is 0.670. The van der Waals surface area contributed by atoms with Crippen molar-refractivity contribution < 1.29 is 24.2 Å². The highest BCUT2D eigenvalue weighted by atomic mass is 16.5. The van der Waals surface area contributed by atoms with Gasteiger partial charge in [-0.15, -0.1) is 0 Å². The number of carbonyl (C=O) groups is 2. The van der Waals surface area contributed by atoms with Crippen molar-refractivity contribution in [2.45, 2.75) is 34.1 Å². The minimum Gasteiger partial charge on any atom is -0.508 e. The van der Waals surface area contributed by atoms with Gasteiger partial charge in [0.1, 0.15) is 17.2 Å². The molecule has 0 aliphatic rings. The molecule has 1 N–H and O–H groups in total. The van der Waals surface area contributed by atoms with Crippen molar-refractivity contribution in [3.63, 3.8) is 0 Å². The third-order valence-electron chi connectivity index (χ3n) is 2.77. The zero-order valence-corrected chi connectivity index (χ0v) is 11.5. The smallest absolute Gasteiger partial charge is 0.316 e. The Kier molecular flexibility index (Phi) is 4.53. The van der Waals surface area contributed by atoms with Gasteiger partial charge in [0.25, 0.3) is 0 Å². The van der Waals surface area contributed by atoms with Gasteiger partial charge in [0.05, 0.1) is 5.41 Å². The van der Waals surface area contributed by atoms with Crippen LogP contribution in [0.25, 0.3) is 0 Å². The summed E-state index contributed by atoms with van der Waals surface area (Å²) in [5, 5.41) is 9.50. The van der Waals surface area contributed by atoms with E-state index in [4.69, 9.17) is 9.47 Å². The van der Waals surface area contributed by atoms with Gasteiger partial charge >= 0.3 is 11.9 Å². The molecule has 1 aromatic carbocycles. The van der Waals surface area contributed by atoms with Gasteiger partial charge in [-0.2, -0.15) is 0 Å². The van der Waals surface area contributed by atoms with Gasteiger partial charge in [0.2, 0.25) is 0 Å². The second-order valence-electron chi connectivity index (χ2n) is 4.88. The van der Waals surface area contributed by atoms with Gasteiger partial charge in [-0.3, -0.25) is 9.59 Å². The van der Waals surface area contributed by atoms with Crippen LogP contribution in [0.3, 0.4) is 0 Å². The molecule has 1 rings (SSSR count). The average Bonchev–Trinajstić information content (AvgIpc) is 2.26. The number of rotatable bonds is 4. The molecule has 0 atom stereocenters. The molecule has 104 valence electrons. The summed E-state index contributed by atoms with van der Waals surface area (Å²) in [6, 6.07) is 3.94. The number of benzene rings is 1. The van der Waals surface area contributed by atoms with Gasteiger partial charge in [0, 0.05) is 25.1 Å². The number of carbonyl (C=O) groups excluding carboxylic acids is 2. The maximum atomic E-state index is 11.9. The number of ether oxygens (including phenoxy) is 2. The van der Waals surface area contributed by atoms with E-state index in [9.17, 15) is 14.7 Å². The molecular formula is C14H18O5. The zero-order chi connectivity index (χ0) is 14.6. The van der Waals surface area contributed by atoms with Crippen LogP contribution in [-0.4, -0.2) is 17.0 Å². The standard InChI is InChI=1S/C14H18O5/c1-5-14(3,4)13(17)19-12-7-10(16)6-11(8-12)18-9(2)15/h6-8,16H,5H2,1-4H3. The van der Waals surface area contributed by atoms with Crippen molar-refractivity contribution in [1.29, 1.82) is 0 Å². The number of aromatic hydroxyl groups is 1. The molecule has 0 spiro atoms. The highest BCUT2D eigenvalue weighted by molar-refractivity contribution is 5.78.